The number of carbonyl (C=O) groups excluding carboxylic acids is 1. The molecule has 0 spiro atoms. The SMILES string of the molecule is CCOc1ccc(NC(=O)c2ccc(Nc3cc(C)cc(C)c3)cn2)cc1. The van der Waals surface area contributed by atoms with Gasteiger partial charge in [0.2, 0.25) is 0 Å². The lowest BCUT2D eigenvalue weighted by Gasteiger charge is -2.10. The molecule has 2 aromatic carbocycles. The van der Waals surface area contributed by atoms with Crippen LogP contribution in [0.1, 0.15) is 28.5 Å². The second-order valence-electron chi connectivity index (χ2n) is 6.35. The lowest BCUT2D eigenvalue weighted by atomic mass is 10.1. The fourth-order valence-corrected chi connectivity index (χ4v) is 2.81. The molecule has 3 rings (SSSR count). The monoisotopic (exact) mass is 361 g/mol. The Balaban J connectivity index is 1.64. The van der Waals surface area contributed by atoms with Crippen LogP contribution >= 0.6 is 0 Å². The molecule has 1 aromatic heterocycles. The van der Waals surface area contributed by atoms with Crippen LogP contribution in [-0.2, 0) is 0 Å². The first kappa shape index (κ1) is 18.5. The number of ether oxygens (including phenoxy) is 1. The predicted molar refractivity (Wildman–Crippen MR) is 109 cm³/mol. The van der Waals surface area contributed by atoms with Gasteiger partial charge in [0.05, 0.1) is 18.5 Å². The molecule has 1 amide bonds. The normalized spacial score (nSPS) is 10.3. The van der Waals surface area contributed by atoms with Crippen molar-refractivity contribution in [1.29, 1.82) is 0 Å². The lowest BCUT2D eigenvalue weighted by molar-refractivity contribution is 0.102. The summed E-state index contributed by atoms with van der Waals surface area (Å²) < 4.78 is 5.40. The van der Waals surface area contributed by atoms with Gasteiger partial charge in [-0.3, -0.25) is 4.79 Å². The molecular formula is C22H23N3O2. The minimum atomic E-state index is -0.253. The highest BCUT2D eigenvalue weighted by atomic mass is 16.5. The Morgan fingerprint density at radius 2 is 1.59 bits per heavy atom. The smallest absolute Gasteiger partial charge is 0.274 e. The molecule has 0 aliphatic carbocycles. The fourth-order valence-electron chi connectivity index (χ4n) is 2.81. The summed E-state index contributed by atoms with van der Waals surface area (Å²) in [6, 6.07) is 17.1. The Morgan fingerprint density at radius 1 is 0.926 bits per heavy atom. The van der Waals surface area contributed by atoms with Crippen LogP contribution in [0.4, 0.5) is 17.1 Å². The van der Waals surface area contributed by atoms with E-state index in [1.807, 2.05) is 25.1 Å². The third kappa shape index (κ3) is 5.07. The van der Waals surface area contributed by atoms with Crippen molar-refractivity contribution in [1.82, 2.24) is 4.98 Å². The van der Waals surface area contributed by atoms with E-state index >= 15 is 0 Å². The molecule has 0 fully saturated rings. The minimum absolute atomic E-state index is 0.253. The van der Waals surface area contributed by atoms with Crippen molar-refractivity contribution in [3.05, 3.63) is 77.6 Å². The Kier molecular flexibility index (Phi) is 5.71. The van der Waals surface area contributed by atoms with Crippen molar-refractivity contribution < 1.29 is 9.53 Å². The van der Waals surface area contributed by atoms with E-state index in [1.54, 1.807) is 24.4 Å². The van der Waals surface area contributed by atoms with Gasteiger partial charge in [-0.1, -0.05) is 6.07 Å². The molecular weight excluding hydrogens is 338 g/mol. The molecule has 0 unspecified atom stereocenters. The van der Waals surface area contributed by atoms with Crippen molar-refractivity contribution in [3.63, 3.8) is 0 Å². The Hall–Kier alpha value is -3.34. The largest absolute Gasteiger partial charge is 0.494 e. The molecule has 0 bridgehead atoms. The van der Waals surface area contributed by atoms with Crippen molar-refractivity contribution >= 4 is 23.0 Å². The number of aryl methyl sites for hydroxylation is 2. The highest BCUT2D eigenvalue weighted by Gasteiger charge is 2.08. The molecule has 138 valence electrons. The van der Waals surface area contributed by atoms with Crippen LogP contribution in [0.2, 0.25) is 0 Å². The van der Waals surface area contributed by atoms with Crippen molar-refractivity contribution in [3.8, 4) is 5.75 Å². The van der Waals surface area contributed by atoms with Gasteiger partial charge < -0.3 is 15.4 Å². The molecule has 0 saturated heterocycles. The Morgan fingerprint density at radius 3 is 2.19 bits per heavy atom. The van der Waals surface area contributed by atoms with Crippen molar-refractivity contribution in [2.75, 3.05) is 17.2 Å². The summed E-state index contributed by atoms with van der Waals surface area (Å²) in [6.45, 7) is 6.66. The maximum Gasteiger partial charge on any atom is 0.274 e. The van der Waals surface area contributed by atoms with Crippen LogP contribution in [0.5, 0.6) is 5.75 Å². The highest BCUT2D eigenvalue weighted by molar-refractivity contribution is 6.03. The van der Waals surface area contributed by atoms with Gasteiger partial charge in [-0.15, -0.1) is 0 Å². The number of pyridine rings is 1. The summed E-state index contributed by atoms with van der Waals surface area (Å²) in [5, 5.41) is 6.15. The summed E-state index contributed by atoms with van der Waals surface area (Å²) in [4.78, 5) is 16.6. The van der Waals surface area contributed by atoms with Crippen LogP contribution in [0.25, 0.3) is 0 Å². The topological polar surface area (TPSA) is 63.2 Å². The third-order valence-corrected chi connectivity index (χ3v) is 3.93. The number of aromatic nitrogens is 1. The quantitative estimate of drug-likeness (QED) is 0.642. The summed E-state index contributed by atoms with van der Waals surface area (Å²) in [6.07, 6.45) is 1.66. The zero-order valence-electron chi connectivity index (χ0n) is 15.7. The molecule has 2 N–H and O–H groups in total. The van der Waals surface area contributed by atoms with Crippen LogP contribution in [0.3, 0.4) is 0 Å². The minimum Gasteiger partial charge on any atom is -0.494 e. The number of nitrogens with one attached hydrogen (secondary N) is 2. The summed E-state index contributed by atoms with van der Waals surface area (Å²) in [5.41, 5.74) is 5.27. The standard InChI is InChI=1S/C22H23N3O2/c1-4-27-20-8-5-17(6-9-20)25-22(26)21-10-7-18(14-23-21)24-19-12-15(2)11-16(3)13-19/h5-14,24H,4H2,1-3H3,(H,25,26). The van der Waals surface area contributed by atoms with Gasteiger partial charge in [-0.05, 0) is 80.4 Å². The number of benzene rings is 2. The number of anilines is 3. The maximum absolute atomic E-state index is 12.4. The van der Waals surface area contributed by atoms with Gasteiger partial charge in [-0.25, -0.2) is 4.98 Å². The van der Waals surface area contributed by atoms with Crippen LogP contribution in [-0.4, -0.2) is 17.5 Å². The van der Waals surface area contributed by atoms with Crippen molar-refractivity contribution in [2.45, 2.75) is 20.8 Å². The molecule has 0 aliphatic heterocycles. The number of nitrogens with zero attached hydrogens (tertiary/aromatic N) is 1. The molecule has 5 nitrogen and oxygen atoms in total. The highest BCUT2D eigenvalue weighted by Crippen LogP contribution is 2.20. The first-order valence-corrected chi connectivity index (χ1v) is 8.89. The molecule has 0 saturated carbocycles. The number of amides is 1. The van der Waals surface area contributed by atoms with Crippen LogP contribution in [0.15, 0.2) is 60.8 Å². The first-order chi connectivity index (χ1) is 13.0. The molecule has 0 radical (unpaired) electrons. The van der Waals surface area contributed by atoms with Crippen molar-refractivity contribution in [2.24, 2.45) is 0 Å². The van der Waals surface area contributed by atoms with E-state index in [1.165, 1.54) is 11.1 Å². The van der Waals surface area contributed by atoms with Gasteiger partial charge in [0, 0.05) is 11.4 Å². The van der Waals surface area contributed by atoms with Gasteiger partial charge >= 0.3 is 0 Å². The van der Waals surface area contributed by atoms with E-state index < -0.39 is 0 Å². The predicted octanol–water partition coefficient (Wildman–Crippen LogP) is 5.09. The van der Waals surface area contributed by atoms with E-state index in [9.17, 15) is 4.79 Å². The fraction of sp³-hybridized carbons (Fsp3) is 0.182. The Bertz CT molecular complexity index is 899. The average Bonchev–Trinajstić information content (AvgIpc) is 2.63. The second-order valence-corrected chi connectivity index (χ2v) is 6.35. The van der Waals surface area contributed by atoms with E-state index in [0.29, 0.717) is 18.0 Å². The number of rotatable bonds is 6. The molecule has 0 atom stereocenters. The average molecular weight is 361 g/mol. The number of hydrogen-bond donors (Lipinski definition) is 2. The molecule has 27 heavy (non-hydrogen) atoms. The van der Waals surface area contributed by atoms with E-state index in [4.69, 9.17) is 4.74 Å². The summed E-state index contributed by atoms with van der Waals surface area (Å²) in [5.74, 6) is 0.521. The van der Waals surface area contributed by atoms with Crippen LogP contribution in [0, 0.1) is 13.8 Å². The van der Waals surface area contributed by atoms with Gasteiger partial charge in [0.25, 0.3) is 5.91 Å². The third-order valence-electron chi connectivity index (χ3n) is 3.93. The zero-order valence-corrected chi connectivity index (χ0v) is 15.7. The van der Waals surface area contributed by atoms with E-state index in [2.05, 4.69) is 47.7 Å². The van der Waals surface area contributed by atoms with Gasteiger partial charge in [0.1, 0.15) is 11.4 Å². The number of carbonyl (C=O) groups is 1. The summed E-state index contributed by atoms with van der Waals surface area (Å²) in [7, 11) is 0. The van der Waals surface area contributed by atoms with Crippen LogP contribution < -0.4 is 15.4 Å². The lowest BCUT2D eigenvalue weighted by Crippen LogP contribution is -2.13. The van der Waals surface area contributed by atoms with Gasteiger partial charge in [0.15, 0.2) is 0 Å². The number of hydrogen-bond acceptors (Lipinski definition) is 4. The molecule has 5 heteroatoms. The summed E-state index contributed by atoms with van der Waals surface area (Å²) >= 11 is 0. The molecule has 0 aliphatic rings. The zero-order chi connectivity index (χ0) is 19.2. The van der Waals surface area contributed by atoms with E-state index in [-0.39, 0.29) is 5.91 Å². The maximum atomic E-state index is 12.4. The first-order valence-electron chi connectivity index (χ1n) is 8.89. The van der Waals surface area contributed by atoms with Gasteiger partial charge in [-0.2, -0.15) is 0 Å². The second kappa shape index (κ2) is 8.36. The molecule has 3 aromatic rings. The molecule has 1 heterocycles. The Labute approximate surface area is 159 Å². The van der Waals surface area contributed by atoms with E-state index in [0.717, 1.165) is 17.1 Å².